The number of fused-ring (bicyclic) bond motifs is 1. The van der Waals surface area contributed by atoms with Crippen molar-refractivity contribution in [3.63, 3.8) is 0 Å². The summed E-state index contributed by atoms with van der Waals surface area (Å²) in [6, 6.07) is 9.36. The molecule has 0 unspecified atom stereocenters. The number of amides is 5. The fraction of sp³-hybridized carbons (Fsp3) is 0.423. The molecule has 0 aromatic heterocycles. The Kier molecular flexibility index (Phi) is 8.22. The number of methoxy groups -OCH3 is 2. The molecule has 2 aromatic carbocycles. The quantitative estimate of drug-likeness (QED) is 0.641. The molecule has 9 nitrogen and oxygen atoms in total. The first kappa shape index (κ1) is 25.9. The van der Waals surface area contributed by atoms with Crippen LogP contribution in [0.4, 0.5) is 15.3 Å². The number of nitrogens with one attached hydrogen (secondary N) is 2. The molecule has 0 atom stereocenters. The number of imide groups is 1. The summed E-state index contributed by atoms with van der Waals surface area (Å²) < 4.78 is 10.8. The summed E-state index contributed by atoms with van der Waals surface area (Å²) in [5.74, 6) is 0.913. The van der Waals surface area contributed by atoms with Crippen molar-refractivity contribution < 1.29 is 23.9 Å². The van der Waals surface area contributed by atoms with Crippen LogP contribution in [0.15, 0.2) is 36.4 Å². The standard InChI is InChI=1S/C26H34N4O5/c1-16(2)27-26(33)30(17(3)4)24(31)18-7-9-21(10-8-18)28-25(32)29-12-11-19-13-22(34-5)23(35-6)14-20(19)15-29/h7-10,13-14,16-17H,11-12,15H2,1-6H3,(H,27,33)(H,28,32). The van der Waals surface area contributed by atoms with Crippen molar-refractivity contribution in [1.29, 1.82) is 0 Å². The molecule has 2 aromatic rings. The van der Waals surface area contributed by atoms with Gasteiger partial charge in [0.25, 0.3) is 5.91 Å². The molecule has 0 saturated heterocycles. The number of carbonyl (C=O) groups excluding carboxylic acids is 3. The Balaban J connectivity index is 1.67. The number of hydrogen-bond donors (Lipinski definition) is 2. The summed E-state index contributed by atoms with van der Waals surface area (Å²) in [6.07, 6.45) is 0.708. The van der Waals surface area contributed by atoms with Crippen LogP contribution in [-0.4, -0.2) is 60.6 Å². The van der Waals surface area contributed by atoms with E-state index in [-0.39, 0.29) is 18.1 Å². The fourth-order valence-electron chi connectivity index (χ4n) is 3.97. The third kappa shape index (κ3) is 6.03. The van der Waals surface area contributed by atoms with Gasteiger partial charge in [-0.25, -0.2) is 9.59 Å². The second-order valence-electron chi connectivity index (χ2n) is 9.03. The Hall–Kier alpha value is -3.75. The van der Waals surface area contributed by atoms with Crippen molar-refractivity contribution in [2.24, 2.45) is 0 Å². The number of ether oxygens (including phenoxy) is 2. The van der Waals surface area contributed by atoms with Crippen LogP contribution in [0.25, 0.3) is 0 Å². The summed E-state index contributed by atoms with van der Waals surface area (Å²) in [5, 5.41) is 5.65. The van der Waals surface area contributed by atoms with Gasteiger partial charge in [-0.2, -0.15) is 0 Å². The van der Waals surface area contributed by atoms with E-state index in [1.54, 1.807) is 57.2 Å². The lowest BCUT2D eigenvalue weighted by Gasteiger charge is -2.29. The summed E-state index contributed by atoms with van der Waals surface area (Å²) in [4.78, 5) is 41.2. The van der Waals surface area contributed by atoms with E-state index in [1.165, 1.54) is 4.90 Å². The predicted molar refractivity (Wildman–Crippen MR) is 134 cm³/mol. The minimum atomic E-state index is -0.433. The van der Waals surface area contributed by atoms with Gasteiger partial charge in [-0.15, -0.1) is 0 Å². The molecule has 0 fully saturated rings. The van der Waals surface area contributed by atoms with E-state index < -0.39 is 11.9 Å². The molecule has 0 aliphatic carbocycles. The van der Waals surface area contributed by atoms with Crippen LogP contribution in [0.2, 0.25) is 0 Å². The van der Waals surface area contributed by atoms with Crippen molar-refractivity contribution in [2.45, 2.75) is 52.7 Å². The molecule has 3 rings (SSSR count). The van der Waals surface area contributed by atoms with Crippen LogP contribution in [0.3, 0.4) is 0 Å². The largest absolute Gasteiger partial charge is 0.493 e. The molecule has 1 aliphatic heterocycles. The van der Waals surface area contributed by atoms with Crippen LogP contribution in [0.5, 0.6) is 11.5 Å². The molecule has 1 heterocycles. The number of hydrogen-bond acceptors (Lipinski definition) is 5. The first-order chi connectivity index (χ1) is 16.6. The highest BCUT2D eigenvalue weighted by atomic mass is 16.5. The molecule has 188 valence electrons. The minimum Gasteiger partial charge on any atom is -0.493 e. The number of rotatable bonds is 6. The van der Waals surface area contributed by atoms with Crippen LogP contribution >= 0.6 is 0 Å². The maximum absolute atomic E-state index is 13.0. The molecule has 2 N–H and O–H groups in total. The smallest absolute Gasteiger partial charge is 0.324 e. The normalized spacial score (nSPS) is 12.7. The van der Waals surface area contributed by atoms with Crippen molar-refractivity contribution >= 4 is 23.7 Å². The molecule has 9 heteroatoms. The van der Waals surface area contributed by atoms with E-state index in [0.29, 0.717) is 42.3 Å². The third-order valence-corrected chi connectivity index (χ3v) is 5.75. The molecule has 0 spiro atoms. The highest BCUT2D eigenvalue weighted by Gasteiger charge is 2.26. The van der Waals surface area contributed by atoms with Gasteiger partial charge in [-0.1, -0.05) is 0 Å². The van der Waals surface area contributed by atoms with Gasteiger partial charge in [0.15, 0.2) is 11.5 Å². The Morgan fingerprint density at radius 3 is 2.09 bits per heavy atom. The summed E-state index contributed by atoms with van der Waals surface area (Å²) in [7, 11) is 3.19. The lowest BCUT2D eigenvalue weighted by Crippen LogP contribution is -2.49. The van der Waals surface area contributed by atoms with Crippen LogP contribution in [0.1, 0.15) is 49.2 Å². The molecule has 5 amide bonds. The van der Waals surface area contributed by atoms with Gasteiger partial charge in [0.1, 0.15) is 0 Å². The second kappa shape index (κ2) is 11.1. The van der Waals surface area contributed by atoms with Gasteiger partial charge >= 0.3 is 12.1 Å². The number of benzene rings is 2. The average Bonchev–Trinajstić information content (AvgIpc) is 2.82. The maximum atomic E-state index is 13.0. The number of carbonyl (C=O) groups is 3. The number of nitrogens with zero attached hydrogens (tertiary/aromatic N) is 2. The second-order valence-corrected chi connectivity index (χ2v) is 9.03. The first-order valence-corrected chi connectivity index (χ1v) is 11.7. The van der Waals surface area contributed by atoms with Crippen LogP contribution in [0, 0.1) is 0 Å². The molecule has 0 bridgehead atoms. The maximum Gasteiger partial charge on any atom is 0.324 e. The monoisotopic (exact) mass is 482 g/mol. The average molecular weight is 483 g/mol. The van der Waals surface area contributed by atoms with Gasteiger partial charge in [0, 0.05) is 36.4 Å². The van der Waals surface area contributed by atoms with E-state index in [1.807, 2.05) is 26.0 Å². The van der Waals surface area contributed by atoms with E-state index in [4.69, 9.17) is 9.47 Å². The molecule has 0 radical (unpaired) electrons. The molecular formula is C26H34N4O5. The lowest BCUT2D eigenvalue weighted by molar-refractivity contribution is 0.0760. The van der Waals surface area contributed by atoms with Crippen LogP contribution < -0.4 is 20.1 Å². The van der Waals surface area contributed by atoms with Crippen molar-refractivity contribution in [3.8, 4) is 11.5 Å². The van der Waals surface area contributed by atoms with E-state index in [2.05, 4.69) is 10.6 Å². The Morgan fingerprint density at radius 1 is 0.943 bits per heavy atom. The zero-order valence-corrected chi connectivity index (χ0v) is 21.2. The van der Waals surface area contributed by atoms with Crippen molar-refractivity contribution in [2.75, 3.05) is 26.1 Å². The van der Waals surface area contributed by atoms with Gasteiger partial charge in [0.05, 0.1) is 14.2 Å². The molecule has 35 heavy (non-hydrogen) atoms. The van der Waals surface area contributed by atoms with Crippen LogP contribution in [-0.2, 0) is 13.0 Å². The SMILES string of the molecule is COc1cc2c(cc1OC)CN(C(=O)Nc1ccc(C(=O)N(C(=O)NC(C)C)C(C)C)cc1)CC2. The van der Waals surface area contributed by atoms with Gasteiger partial charge in [-0.05, 0) is 81.6 Å². The van der Waals surface area contributed by atoms with Gasteiger partial charge in [0.2, 0.25) is 0 Å². The van der Waals surface area contributed by atoms with Crippen molar-refractivity contribution in [3.05, 3.63) is 53.1 Å². The lowest BCUT2D eigenvalue weighted by atomic mass is 9.99. The highest BCUT2D eigenvalue weighted by Crippen LogP contribution is 2.33. The Labute approximate surface area is 206 Å². The molecule has 0 saturated carbocycles. The van der Waals surface area contributed by atoms with E-state index in [9.17, 15) is 14.4 Å². The Bertz CT molecular complexity index is 1080. The summed E-state index contributed by atoms with van der Waals surface area (Å²) in [6.45, 7) is 8.27. The highest BCUT2D eigenvalue weighted by molar-refractivity contribution is 6.05. The minimum absolute atomic E-state index is 0.0843. The van der Waals surface area contributed by atoms with E-state index >= 15 is 0 Å². The summed E-state index contributed by atoms with van der Waals surface area (Å²) >= 11 is 0. The number of urea groups is 2. The fourth-order valence-corrected chi connectivity index (χ4v) is 3.97. The number of anilines is 1. The summed E-state index contributed by atoms with van der Waals surface area (Å²) in [5.41, 5.74) is 3.07. The van der Waals surface area contributed by atoms with Gasteiger partial charge in [-0.3, -0.25) is 9.69 Å². The topological polar surface area (TPSA) is 100 Å². The zero-order valence-electron chi connectivity index (χ0n) is 21.2. The van der Waals surface area contributed by atoms with Crippen molar-refractivity contribution in [1.82, 2.24) is 15.1 Å². The first-order valence-electron chi connectivity index (χ1n) is 11.7. The zero-order chi connectivity index (χ0) is 25.7. The predicted octanol–water partition coefficient (Wildman–Crippen LogP) is 4.26. The molecular weight excluding hydrogens is 448 g/mol. The Morgan fingerprint density at radius 2 is 1.54 bits per heavy atom. The molecule has 1 aliphatic rings. The van der Waals surface area contributed by atoms with Gasteiger partial charge < -0.3 is 25.0 Å². The van der Waals surface area contributed by atoms with E-state index in [0.717, 1.165) is 11.1 Å². The third-order valence-electron chi connectivity index (χ3n) is 5.75.